The van der Waals surface area contributed by atoms with Crippen LogP contribution in [-0.2, 0) is 9.59 Å². The van der Waals surface area contributed by atoms with E-state index in [0.29, 0.717) is 58.8 Å². The van der Waals surface area contributed by atoms with Crippen LogP contribution in [0.2, 0.25) is 0 Å². The SMILES string of the molecule is C=CCOc1ccc(C2C(=C(O)c3ccc(OCC)cc3)C(=O)C(=O)N2c2nc3ccc(OCC)cc3s2)cc1. The largest absolute Gasteiger partial charge is 0.507 e. The van der Waals surface area contributed by atoms with Crippen LogP contribution in [0.4, 0.5) is 5.13 Å². The lowest BCUT2D eigenvalue weighted by Crippen LogP contribution is -2.29. The van der Waals surface area contributed by atoms with Gasteiger partial charge in [0.25, 0.3) is 5.78 Å². The van der Waals surface area contributed by atoms with Gasteiger partial charge >= 0.3 is 5.91 Å². The predicted octanol–water partition coefficient (Wildman–Crippen LogP) is 6.28. The lowest BCUT2D eigenvalue weighted by atomic mass is 9.95. The first-order valence-corrected chi connectivity index (χ1v) is 13.7. The average molecular weight is 557 g/mol. The summed E-state index contributed by atoms with van der Waals surface area (Å²) in [6.07, 6.45) is 1.64. The number of rotatable bonds is 10. The zero-order valence-electron chi connectivity index (χ0n) is 22.1. The van der Waals surface area contributed by atoms with Crippen molar-refractivity contribution in [2.75, 3.05) is 24.7 Å². The maximum absolute atomic E-state index is 13.5. The Morgan fingerprint density at radius 1 is 0.950 bits per heavy atom. The van der Waals surface area contributed by atoms with Gasteiger partial charge in [-0.3, -0.25) is 14.5 Å². The Bertz CT molecular complexity index is 1590. The third-order valence-corrected chi connectivity index (χ3v) is 7.33. The van der Waals surface area contributed by atoms with E-state index in [4.69, 9.17) is 14.2 Å². The molecule has 204 valence electrons. The van der Waals surface area contributed by atoms with E-state index in [1.54, 1.807) is 54.6 Å². The molecule has 1 aromatic heterocycles. The first kappa shape index (κ1) is 27.0. The Kier molecular flexibility index (Phi) is 7.84. The van der Waals surface area contributed by atoms with Crippen molar-refractivity contribution in [1.82, 2.24) is 4.98 Å². The van der Waals surface area contributed by atoms with Crippen LogP contribution >= 0.6 is 11.3 Å². The quantitative estimate of drug-likeness (QED) is 0.106. The molecular weight excluding hydrogens is 528 g/mol. The number of nitrogens with zero attached hydrogens (tertiary/aromatic N) is 2. The number of carbonyl (C=O) groups is 2. The van der Waals surface area contributed by atoms with E-state index < -0.39 is 17.7 Å². The van der Waals surface area contributed by atoms with Crippen LogP contribution in [0.3, 0.4) is 0 Å². The topological polar surface area (TPSA) is 98.2 Å². The Labute approximate surface area is 235 Å². The summed E-state index contributed by atoms with van der Waals surface area (Å²) in [5, 5.41) is 11.7. The van der Waals surface area contributed by atoms with Gasteiger partial charge in [0.2, 0.25) is 0 Å². The number of amides is 1. The molecule has 2 heterocycles. The number of carbonyl (C=O) groups excluding carboxylic acids is 2. The number of aliphatic hydroxyl groups excluding tert-OH is 1. The van der Waals surface area contributed by atoms with Gasteiger partial charge in [-0.2, -0.15) is 0 Å². The average Bonchev–Trinajstić information content (AvgIpc) is 3.50. The maximum Gasteiger partial charge on any atom is 0.301 e. The monoisotopic (exact) mass is 556 g/mol. The van der Waals surface area contributed by atoms with Crippen molar-refractivity contribution in [1.29, 1.82) is 0 Å². The second kappa shape index (κ2) is 11.6. The third kappa shape index (κ3) is 5.15. The van der Waals surface area contributed by atoms with Crippen molar-refractivity contribution in [2.24, 2.45) is 0 Å². The number of aromatic nitrogens is 1. The van der Waals surface area contributed by atoms with Crippen LogP contribution in [0.1, 0.15) is 31.0 Å². The molecule has 3 aromatic carbocycles. The van der Waals surface area contributed by atoms with Crippen molar-refractivity contribution in [3.05, 3.63) is 96.1 Å². The molecule has 0 radical (unpaired) electrons. The van der Waals surface area contributed by atoms with E-state index in [9.17, 15) is 14.7 Å². The summed E-state index contributed by atoms with van der Waals surface area (Å²) in [5.74, 6) is 0.0869. The molecule has 1 aliphatic rings. The van der Waals surface area contributed by atoms with Crippen molar-refractivity contribution < 1.29 is 28.9 Å². The molecule has 4 aromatic rings. The number of Topliss-reactive ketones (excluding diaryl/α,β-unsaturated/α-hetero) is 1. The molecule has 0 spiro atoms. The van der Waals surface area contributed by atoms with E-state index >= 15 is 0 Å². The van der Waals surface area contributed by atoms with Crippen molar-refractivity contribution in [3.8, 4) is 17.2 Å². The third-order valence-electron chi connectivity index (χ3n) is 6.31. The minimum Gasteiger partial charge on any atom is -0.507 e. The van der Waals surface area contributed by atoms with Crippen LogP contribution in [0, 0.1) is 0 Å². The molecule has 8 nitrogen and oxygen atoms in total. The van der Waals surface area contributed by atoms with Gasteiger partial charge in [0.05, 0.1) is 35.0 Å². The number of hydrogen-bond acceptors (Lipinski definition) is 8. The Morgan fingerprint density at radius 3 is 2.25 bits per heavy atom. The minimum atomic E-state index is -0.910. The van der Waals surface area contributed by atoms with Crippen molar-refractivity contribution >= 4 is 44.1 Å². The fraction of sp³-hybridized carbons (Fsp3) is 0.194. The molecule has 1 aliphatic heterocycles. The van der Waals surface area contributed by atoms with Crippen LogP contribution in [0.15, 0.2) is 85.0 Å². The van der Waals surface area contributed by atoms with Gasteiger partial charge in [0, 0.05) is 5.56 Å². The highest BCUT2D eigenvalue weighted by molar-refractivity contribution is 7.22. The lowest BCUT2D eigenvalue weighted by molar-refractivity contribution is -0.132. The molecule has 5 rings (SSSR count). The molecule has 0 aliphatic carbocycles. The smallest absolute Gasteiger partial charge is 0.301 e. The number of ketones is 1. The molecule has 1 atom stereocenters. The highest BCUT2D eigenvalue weighted by Crippen LogP contribution is 2.45. The molecule has 0 saturated carbocycles. The minimum absolute atomic E-state index is 0.0248. The molecule has 1 amide bonds. The number of thiazole rings is 1. The molecule has 0 bridgehead atoms. The van der Waals surface area contributed by atoms with E-state index in [2.05, 4.69) is 11.6 Å². The molecular formula is C31H28N2O6S. The van der Waals surface area contributed by atoms with Crippen LogP contribution in [0.5, 0.6) is 17.2 Å². The molecule has 1 unspecified atom stereocenters. The van der Waals surface area contributed by atoms with Crippen LogP contribution < -0.4 is 19.1 Å². The molecule has 1 saturated heterocycles. The fourth-order valence-electron chi connectivity index (χ4n) is 4.53. The zero-order valence-corrected chi connectivity index (χ0v) is 22.9. The molecule has 1 N–H and O–H groups in total. The van der Waals surface area contributed by atoms with Gasteiger partial charge in [0.15, 0.2) is 5.13 Å². The summed E-state index contributed by atoms with van der Waals surface area (Å²) in [6, 6.07) is 18.4. The fourth-order valence-corrected chi connectivity index (χ4v) is 5.55. The standard InChI is InChI=1S/C31H28N2O6S/c1-4-17-39-22-11-7-19(8-12-22)27-26(28(34)20-9-13-21(14-10-20)37-5-2)29(35)30(36)33(27)31-32-24-16-15-23(38-6-3)18-25(24)40-31/h4,7-16,18,27,34H,1,5-6,17H2,2-3H3. The second-order valence-electron chi connectivity index (χ2n) is 8.85. The summed E-state index contributed by atoms with van der Waals surface area (Å²) in [5.41, 5.74) is 1.65. The van der Waals surface area contributed by atoms with E-state index in [0.717, 1.165) is 4.70 Å². The summed E-state index contributed by atoms with van der Waals surface area (Å²) in [6.45, 7) is 8.80. The van der Waals surface area contributed by atoms with Crippen LogP contribution in [0.25, 0.3) is 16.0 Å². The van der Waals surface area contributed by atoms with Gasteiger partial charge < -0.3 is 19.3 Å². The van der Waals surface area contributed by atoms with Crippen LogP contribution in [-0.4, -0.2) is 41.6 Å². The predicted molar refractivity (Wildman–Crippen MR) is 155 cm³/mol. The Hall–Kier alpha value is -4.63. The lowest BCUT2D eigenvalue weighted by Gasteiger charge is -2.23. The van der Waals surface area contributed by atoms with Gasteiger partial charge in [-0.15, -0.1) is 0 Å². The normalized spacial score (nSPS) is 16.4. The molecule has 40 heavy (non-hydrogen) atoms. The van der Waals surface area contributed by atoms with E-state index in [1.165, 1.54) is 16.2 Å². The highest BCUT2D eigenvalue weighted by atomic mass is 32.1. The van der Waals surface area contributed by atoms with Gasteiger partial charge in [-0.05, 0) is 74.0 Å². The first-order valence-electron chi connectivity index (χ1n) is 12.9. The highest BCUT2D eigenvalue weighted by Gasteiger charge is 2.48. The van der Waals surface area contributed by atoms with E-state index in [-0.39, 0.29) is 11.3 Å². The van der Waals surface area contributed by atoms with Gasteiger partial charge in [0.1, 0.15) is 29.6 Å². The molecule has 1 fully saturated rings. The Morgan fingerprint density at radius 2 is 1.57 bits per heavy atom. The number of anilines is 1. The summed E-state index contributed by atoms with van der Waals surface area (Å²) >= 11 is 1.28. The van der Waals surface area contributed by atoms with E-state index in [1.807, 2.05) is 32.0 Å². The van der Waals surface area contributed by atoms with Crippen molar-refractivity contribution in [3.63, 3.8) is 0 Å². The zero-order chi connectivity index (χ0) is 28.2. The van der Waals surface area contributed by atoms with Crippen molar-refractivity contribution in [2.45, 2.75) is 19.9 Å². The second-order valence-corrected chi connectivity index (χ2v) is 9.86. The number of aliphatic hydroxyl groups is 1. The van der Waals surface area contributed by atoms with Gasteiger partial charge in [-0.25, -0.2) is 4.98 Å². The molecule has 9 heteroatoms. The number of hydrogen-bond donors (Lipinski definition) is 1. The summed E-state index contributed by atoms with van der Waals surface area (Å²) < 4.78 is 17.5. The number of benzene rings is 3. The van der Waals surface area contributed by atoms with Gasteiger partial charge in [-0.1, -0.05) is 36.1 Å². The Balaban J connectivity index is 1.63. The summed E-state index contributed by atoms with van der Waals surface area (Å²) in [4.78, 5) is 33.1. The number of fused-ring (bicyclic) bond motifs is 1. The first-order chi connectivity index (χ1) is 19.4. The maximum atomic E-state index is 13.5. The summed E-state index contributed by atoms with van der Waals surface area (Å²) in [7, 11) is 0. The number of ether oxygens (including phenoxy) is 3.